The summed E-state index contributed by atoms with van der Waals surface area (Å²) < 4.78 is 1.39. The lowest BCUT2D eigenvalue weighted by atomic mass is 10.1. The van der Waals surface area contributed by atoms with E-state index in [1.54, 1.807) is 0 Å². The van der Waals surface area contributed by atoms with Crippen LogP contribution in [0.2, 0.25) is 0 Å². The minimum atomic E-state index is -1.13. The fraction of sp³-hybridized carbons (Fsp3) is 0.312. The number of nitrogen functional groups attached to an aromatic ring is 1. The number of nitrogens with one attached hydrogen (secondary N) is 1. The average Bonchev–Trinajstić information content (AvgIpc) is 3.28. The van der Waals surface area contributed by atoms with Gasteiger partial charge in [-0.05, 0) is 37.5 Å². The number of rotatable bonds is 6. The number of guanidine groups is 1. The summed E-state index contributed by atoms with van der Waals surface area (Å²) in [5.74, 6) is -1.13. The molecule has 0 radical (unpaired) electrons. The van der Waals surface area contributed by atoms with Gasteiger partial charge < -0.3 is 27.6 Å². The van der Waals surface area contributed by atoms with Gasteiger partial charge in [0, 0.05) is 18.2 Å². The molecule has 3 rings (SSSR count). The Labute approximate surface area is 144 Å². The van der Waals surface area contributed by atoms with E-state index in [-0.39, 0.29) is 17.3 Å². The molecular formula is C16H21N7O2. The second kappa shape index (κ2) is 6.44. The molecule has 0 unspecified atom stereocenters. The minimum Gasteiger partial charge on any atom is -0.477 e. The number of hydrogen-bond acceptors (Lipinski definition) is 5. The number of aromatic carboxylic acids is 1. The molecule has 1 aliphatic carbocycles. The van der Waals surface area contributed by atoms with Gasteiger partial charge in [-0.3, -0.25) is 0 Å². The molecule has 9 nitrogen and oxygen atoms in total. The van der Waals surface area contributed by atoms with Crippen LogP contribution in [-0.4, -0.2) is 32.9 Å². The van der Waals surface area contributed by atoms with Crippen molar-refractivity contribution in [2.75, 3.05) is 5.73 Å². The van der Waals surface area contributed by atoms with Gasteiger partial charge in [0.25, 0.3) is 0 Å². The van der Waals surface area contributed by atoms with Gasteiger partial charge in [0.1, 0.15) is 11.4 Å². The summed E-state index contributed by atoms with van der Waals surface area (Å²) in [6, 6.07) is 4.35. The molecule has 0 aliphatic heterocycles. The van der Waals surface area contributed by atoms with E-state index in [4.69, 9.17) is 17.2 Å². The molecule has 9 heteroatoms. The Bertz CT molecular complexity index is 848. The van der Waals surface area contributed by atoms with Crippen molar-refractivity contribution in [2.24, 2.45) is 16.5 Å². The van der Waals surface area contributed by atoms with Crippen molar-refractivity contribution in [3.8, 4) is 5.69 Å². The zero-order valence-corrected chi connectivity index (χ0v) is 13.9. The average molecular weight is 343 g/mol. The lowest BCUT2D eigenvalue weighted by Gasteiger charge is -2.14. The van der Waals surface area contributed by atoms with Crippen molar-refractivity contribution in [1.82, 2.24) is 15.1 Å². The zero-order chi connectivity index (χ0) is 18.1. The van der Waals surface area contributed by atoms with E-state index in [2.05, 4.69) is 15.4 Å². The molecule has 1 aliphatic rings. The first-order chi connectivity index (χ1) is 11.9. The maximum absolute atomic E-state index is 11.2. The number of nitrogens with two attached hydrogens (primary N) is 3. The number of carboxylic acid groups (broad SMARTS) is 1. The van der Waals surface area contributed by atoms with Crippen LogP contribution in [0.1, 0.15) is 34.3 Å². The normalized spacial score (nSPS) is 13.6. The van der Waals surface area contributed by atoms with E-state index in [0.29, 0.717) is 24.0 Å². The van der Waals surface area contributed by atoms with E-state index >= 15 is 0 Å². The smallest absolute Gasteiger partial charge is 0.341 e. The largest absolute Gasteiger partial charge is 0.477 e. The molecule has 1 heterocycles. The van der Waals surface area contributed by atoms with E-state index in [9.17, 15) is 9.90 Å². The van der Waals surface area contributed by atoms with Gasteiger partial charge in [-0.1, -0.05) is 0 Å². The van der Waals surface area contributed by atoms with Crippen LogP contribution < -0.4 is 22.5 Å². The number of aliphatic imine (C=N–C) groups is 1. The number of nitrogens with zero attached hydrogens (tertiary/aromatic N) is 3. The first-order valence-electron chi connectivity index (χ1n) is 7.90. The van der Waals surface area contributed by atoms with E-state index in [1.807, 2.05) is 19.1 Å². The molecule has 8 N–H and O–H groups in total. The lowest BCUT2D eigenvalue weighted by Crippen LogP contribution is -2.22. The predicted molar refractivity (Wildman–Crippen MR) is 95.0 cm³/mol. The number of anilines is 1. The van der Waals surface area contributed by atoms with Crippen LogP contribution in [0.15, 0.2) is 23.3 Å². The molecule has 1 saturated carbocycles. The third-order valence-corrected chi connectivity index (χ3v) is 4.10. The Morgan fingerprint density at radius 3 is 2.72 bits per heavy atom. The fourth-order valence-electron chi connectivity index (χ4n) is 2.58. The van der Waals surface area contributed by atoms with Gasteiger partial charge in [-0.15, -0.1) is 0 Å². The van der Waals surface area contributed by atoms with Gasteiger partial charge in [-0.2, -0.15) is 5.10 Å². The number of benzene rings is 1. The van der Waals surface area contributed by atoms with Crippen molar-refractivity contribution in [3.05, 3.63) is 35.0 Å². The molecule has 0 spiro atoms. The van der Waals surface area contributed by atoms with Crippen LogP contribution in [0.25, 0.3) is 5.69 Å². The van der Waals surface area contributed by atoms with Crippen LogP contribution >= 0.6 is 0 Å². The second-order valence-electron chi connectivity index (χ2n) is 6.11. The molecule has 1 aromatic heterocycles. The second-order valence-corrected chi connectivity index (χ2v) is 6.11. The molecule has 25 heavy (non-hydrogen) atoms. The summed E-state index contributed by atoms with van der Waals surface area (Å²) >= 11 is 0. The van der Waals surface area contributed by atoms with Gasteiger partial charge in [0.2, 0.25) is 0 Å². The third kappa shape index (κ3) is 3.56. The van der Waals surface area contributed by atoms with Crippen molar-refractivity contribution < 1.29 is 9.90 Å². The number of aromatic nitrogens is 2. The molecule has 1 fully saturated rings. The zero-order valence-electron chi connectivity index (χ0n) is 13.9. The van der Waals surface area contributed by atoms with E-state index < -0.39 is 5.97 Å². The van der Waals surface area contributed by atoms with Crippen molar-refractivity contribution in [2.45, 2.75) is 32.4 Å². The monoisotopic (exact) mass is 343 g/mol. The van der Waals surface area contributed by atoms with Crippen molar-refractivity contribution >= 4 is 23.4 Å². The van der Waals surface area contributed by atoms with Crippen LogP contribution in [0.5, 0.6) is 0 Å². The van der Waals surface area contributed by atoms with Crippen molar-refractivity contribution in [3.63, 3.8) is 0 Å². The summed E-state index contributed by atoms with van der Waals surface area (Å²) in [5, 5.41) is 16.7. The minimum absolute atomic E-state index is 0.0516. The highest BCUT2D eigenvalue weighted by Gasteiger charge is 2.21. The van der Waals surface area contributed by atoms with E-state index in [0.717, 1.165) is 11.1 Å². The first-order valence-corrected chi connectivity index (χ1v) is 7.90. The predicted octanol–water partition coefficient (Wildman–Crippen LogP) is 0.618. The van der Waals surface area contributed by atoms with Gasteiger partial charge in [0.15, 0.2) is 5.96 Å². The van der Waals surface area contributed by atoms with E-state index in [1.165, 1.54) is 23.7 Å². The Balaban J connectivity index is 2.08. The summed E-state index contributed by atoms with van der Waals surface area (Å²) in [6.45, 7) is 2.48. The molecule has 132 valence electrons. The van der Waals surface area contributed by atoms with Crippen LogP contribution in [-0.2, 0) is 6.54 Å². The SMILES string of the molecule is Cc1c(N=C(N)N)cc(CNC2CC2)cc1-n1ncc(C(=O)O)c1N. The van der Waals surface area contributed by atoms with Gasteiger partial charge in [-0.25, -0.2) is 14.5 Å². The number of hydrogen-bond donors (Lipinski definition) is 5. The maximum Gasteiger partial charge on any atom is 0.341 e. The Kier molecular flexibility index (Phi) is 4.32. The third-order valence-electron chi connectivity index (χ3n) is 4.10. The topological polar surface area (TPSA) is 158 Å². The Morgan fingerprint density at radius 1 is 1.44 bits per heavy atom. The standard InChI is InChI=1S/C16H21N7O2/c1-8-12(22-16(18)19)4-9(6-20-10-2-3-10)5-13(8)23-14(17)11(7-21-23)15(24)25/h4-5,7,10,20H,2-3,6,17H2,1H3,(H,24,25)(H4,18,19,22). The molecular weight excluding hydrogens is 322 g/mol. The maximum atomic E-state index is 11.2. The Hall–Kier alpha value is -3.07. The highest BCUT2D eigenvalue weighted by Crippen LogP contribution is 2.30. The molecule has 2 aromatic rings. The van der Waals surface area contributed by atoms with Crippen LogP contribution in [0.4, 0.5) is 11.5 Å². The molecule has 0 amide bonds. The lowest BCUT2D eigenvalue weighted by molar-refractivity contribution is 0.0698. The van der Waals surface area contributed by atoms with Gasteiger partial charge in [0.05, 0.1) is 17.6 Å². The van der Waals surface area contributed by atoms with Crippen molar-refractivity contribution in [1.29, 1.82) is 0 Å². The molecule has 0 saturated heterocycles. The number of carboxylic acids is 1. The summed E-state index contributed by atoms with van der Waals surface area (Å²) in [6.07, 6.45) is 3.58. The highest BCUT2D eigenvalue weighted by molar-refractivity contribution is 5.92. The first kappa shape index (κ1) is 16.8. The molecule has 0 bridgehead atoms. The number of carbonyl (C=O) groups is 1. The fourth-order valence-corrected chi connectivity index (χ4v) is 2.58. The molecule has 1 aromatic carbocycles. The summed E-state index contributed by atoms with van der Waals surface area (Å²) in [5.41, 5.74) is 19.9. The van der Waals surface area contributed by atoms with Crippen LogP contribution in [0, 0.1) is 6.92 Å². The Morgan fingerprint density at radius 2 is 2.16 bits per heavy atom. The summed E-state index contributed by atoms with van der Waals surface area (Å²) in [4.78, 5) is 15.4. The highest BCUT2D eigenvalue weighted by atomic mass is 16.4. The molecule has 0 atom stereocenters. The van der Waals surface area contributed by atoms with Gasteiger partial charge >= 0.3 is 5.97 Å². The quantitative estimate of drug-likeness (QED) is 0.380. The van der Waals surface area contributed by atoms with Crippen LogP contribution in [0.3, 0.4) is 0 Å². The summed E-state index contributed by atoms with van der Waals surface area (Å²) in [7, 11) is 0.